The summed E-state index contributed by atoms with van der Waals surface area (Å²) in [6, 6.07) is 40.0. The van der Waals surface area contributed by atoms with Crippen LogP contribution in [0, 0.1) is 0 Å². The van der Waals surface area contributed by atoms with Gasteiger partial charge in [-0.15, -0.1) is 0 Å². The zero-order valence-electron chi connectivity index (χ0n) is 12.3. The van der Waals surface area contributed by atoms with E-state index in [1.54, 1.807) is 0 Å². The van der Waals surface area contributed by atoms with Crippen molar-refractivity contribution in [1.82, 2.24) is 0 Å². The van der Waals surface area contributed by atoms with Gasteiger partial charge in [0.1, 0.15) is 0 Å². The summed E-state index contributed by atoms with van der Waals surface area (Å²) in [4.78, 5) is 0. The van der Waals surface area contributed by atoms with Gasteiger partial charge in [-0.05, 0) is 0 Å². The van der Waals surface area contributed by atoms with Gasteiger partial charge >= 0.3 is 34.1 Å². The van der Waals surface area contributed by atoms with Crippen molar-refractivity contribution >= 4 is 0 Å². The third-order valence-electron chi connectivity index (χ3n) is 2.22. The van der Waals surface area contributed by atoms with Crippen LogP contribution in [0.3, 0.4) is 0 Å². The van der Waals surface area contributed by atoms with Gasteiger partial charge in [-0.25, -0.2) is 48.5 Å². The predicted octanol–water partition coefficient (Wildman–Crippen LogP) is 5.62. The molecule has 4 rings (SSSR count). The molecule has 0 unspecified atom stereocenters. The van der Waals surface area contributed by atoms with E-state index in [-0.39, 0.29) is 34.1 Å². The van der Waals surface area contributed by atoms with E-state index >= 15 is 0 Å². The van der Waals surface area contributed by atoms with Crippen LogP contribution in [0.15, 0.2) is 121 Å². The smallest absolute Gasteiger partial charge is 0.214 e. The maximum Gasteiger partial charge on any atom is 2.00 e. The van der Waals surface area contributed by atoms with E-state index in [4.69, 9.17) is 0 Å². The summed E-state index contributed by atoms with van der Waals surface area (Å²) in [5, 5.41) is 0. The Labute approximate surface area is 155 Å². The van der Waals surface area contributed by atoms with Gasteiger partial charge in [0.2, 0.25) is 0 Å². The number of rotatable bonds is 0. The Kier molecular flexibility index (Phi) is 20.1. The second-order valence-corrected chi connectivity index (χ2v) is 3.85. The maximum atomic E-state index is 2.00. The van der Waals surface area contributed by atoms with Crippen molar-refractivity contribution in [3.8, 4) is 0 Å². The summed E-state index contributed by atoms with van der Waals surface area (Å²) in [6.07, 6.45) is 0. The van der Waals surface area contributed by atoms with Crippen LogP contribution in [0.5, 0.6) is 0 Å². The average molecular weight is 370 g/mol. The van der Waals surface area contributed by atoms with Crippen LogP contribution in [0.4, 0.5) is 0 Å². The van der Waals surface area contributed by atoms with E-state index in [1.165, 1.54) is 0 Å². The van der Waals surface area contributed by atoms with Gasteiger partial charge < -0.3 is 0 Å². The normalized spacial score (nSPS) is 7.27. The fourth-order valence-corrected chi connectivity index (χ4v) is 1.28. The third kappa shape index (κ3) is 16.5. The molecule has 0 aliphatic rings. The molecule has 0 saturated carbocycles. The Balaban J connectivity index is 0. The molecule has 0 atom stereocenters. The molecule has 0 saturated heterocycles. The molecule has 0 nitrogen and oxygen atoms in total. The molecule has 0 aliphatic heterocycles. The summed E-state index contributed by atoms with van der Waals surface area (Å²) in [7, 11) is 0. The van der Waals surface area contributed by atoms with Crippen molar-refractivity contribution in [3.63, 3.8) is 0 Å². The molecule has 0 amide bonds. The second-order valence-electron chi connectivity index (χ2n) is 3.85. The molecule has 2 heteroatoms. The standard InChI is InChI=1S/4C5H5.2Mn/c4*1-2-4-5-3-1;;/h4*1-5H;;/q4*-1;2*+2. The molecular formula is C20H20Mn2. The molecule has 114 valence electrons. The molecule has 0 aromatic heterocycles. The summed E-state index contributed by atoms with van der Waals surface area (Å²) < 4.78 is 0. The van der Waals surface area contributed by atoms with Crippen LogP contribution < -0.4 is 0 Å². The van der Waals surface area contributed by atoms with Gasteiger partial charge in [-0.3, -0.25) is 0 Å². The van der Waals surface area contributed by atoms with E-state index in [9.17, 15) is 0 Å². The molecule has 0 fully saturated rings. The van der Waals surface area contributed by atoms with Crippen molar-refractivity contribution in [1.29, 1.82) is 0 Å². The van der Waals surface area contributed by atoms with Gasteiger partial charge in [-0.2, -0.15) is 72.8 Å². The first-order chi connectivity index (χ1) is 10.0. The van der Waals surface area contributed by atoms with Crippen molar-refractivity contribution in [3.05, 3.63) is 121 Å². The third-order valence-corrected chi connectivity index (χ3v) is 2.22. The second kappa shape index (κ2) is 19.4. The predicted molar refractivity (Wildman–Crippen MR) is 88.1 cm³/mol. The zero-order chi connectivity index (χ0) is 14.1. The van der Waals surface area contributed by atoms with E-state index < -0.39 is 0 Å². The first kappa shape index (κ1) is 22.7. The summed E-state index contributed by atoms with van der Waals surface area (Å²) in [6.45, 7) is 0. The molecule has 0 spiro atoms. The first-order valence-electron chi connectivity index (χ1n) is 6.67. The molecule has 0 heterocycles. The Morgan fingerprint density at radius 2 is 0.409 bits per heavy atom. The summed E-state index contributed by atoms with van der Waals surface area (Å²) >= 11 is 0. The molecule has 0 N–H and O–H groups in total. The molecule has 0 bridgehead atoms. The minimum Gasteiger partial charge on any atom is -0.214 e. The Hall–Kier alpha value is -1.56. The molecule has 0 aliphatic carbocycles. The minimum absolute atomic E-state index is 0. The fraction of sp³-hybridized carbons (Fsp3) is 0. The minimum atomic E-state index is 0. The maximum absolute atomic E-state index is 2.00. The van der Waals surface area contributed by atoms with Crippen LogP contribution >= 0.6 is 0 Å². The molecule has 4 aromatic rings. The SMILES string of the molecule is [Mn+2].[Mn+2].c1cc[cH-]c1.c1cc[cH-]c1.c1cc[cH-]c1.c1cc[cH-]c1. The van der Waals surface area contributed by atoms with Crippen molar-refractivity contribution in [2.45, 2.75) is 0 Å². The monoisotopic (exact) mass is 370 g/mol. The first-order valence-corrected chi connectivity index (χ1v) is 6.67. The van der Waals surface area contributed by atoms with E-state index in [2.05, 4.69) is 0 Å². The topological polar surface area (TPSA) is 0 Å². The van der Waals surface area contributed by atoms with Crippen molar-refractivity contribution < 1.29 is 34.1 Å². The van der Waals surface area contributed by atoms with E-state index in [0.717, 1.165) is 0 Å². The Morgan fingerprint density at radius 3 is 0.455 bits per heavy atom. The average Bonchev–Trinajstić information content (AvgIpc) is 3.40. The van der Waals surface area contributed by atoms with Crippen molar-refractivity contribution in [2.75, 3.05) is 0 Å². The molecule has 2 radical (unpaired) electrons. The van der Waals surface area contributed by atoms with Gasteiger partial charge in [0.25, 0.3) is 0 Å². The molecule has 4 aromatic carbocycles. The van der Waals surface area contributed by atoms with Crippen LogP contribution in [-0.2, 0) is 34.1 Å². The van der Waals surface area contributed by atoms with E-state index in [0.29, 0.717) is 0 Å². The quantitative estimate of drug-likeness (QED) is 0.279. The van der Waals surface area contributed by atoms with Gasteiger partial charge in [0.15, 0.2) is 0 Å². The van der Waals surface area contributed by atoms with Crippen molar-refractivity contribution in [2.24, 2.45) is 0 Å². The number of hydrogen-bond donors (Lipinski definition) is 0. The van der Waals surface area contributed by atoms with E-state index in [1.807, 2.05) is 121 Å². The summed E-state index contributed by atoms with van der Waals surface area (Å²) in [5.41, 5.74) is 0. The molecule has 22 heavy (non-hydrogen) atoms. The van der Waals surface area contributed by atoms with Crippen LogP contribution in [0.25, 0.3) is 0 Å². The van der Waals surface area contributed by atoms with Crippen LogP contribution in [0.1, 0.15) is 0 Å². The van der Waals surface area contributed by atoms with Gasteiger partial charge in [0.05, 0.1) is 0 Å². The van der Waals surface area contributed by atoms with Crippen LogP contribution in [-0.4, -0.2) is 0 Å². The molecular weight excluding hydrogens is 350 g/mol. The summed E-state index contributed by atoms with van der Waals surface area (Å²) in [5.74, 6) is 0. The largest absolute Gasteiger partial charge is 2.00 e. The Morgan fingerprint density at radius 1 is 0.273 bits per heavy atom. The zero-order valence-corrected chi connectivity index (χ0v) is 14.7. The number of hydrogen-bond acceptors (Lipinski definition) is 0. The Bertz CT molecular complexity index is 341. The van der Waals surface area contributed by atoms with Gasteiger partial charge in [0, 0.05) is 0 Å². The van der Waals surface area contributed by atoms with Gasteiger partial charge in [-0.1, -0.05) is 0 Å². The van der Waals surface area contributed by atoms with Crippen LogP contribution in [0.2, 0.25) is 0 Å². The fourth-order valence-electron chi connectivity index (χ4n) is 1.28.